The predicted octanol–water partition coefficient (Wildman–Crippen LogP) is -2.32. The van der Waals surface area contributed by atoms with Gasteiger partial charge < -0.3 is 16.3 Å². The van der Waals surface area contributed by atoms with Gasteiger partial charge in [-0.3, -0.25) is 0 Å². The normalized spacial score (nSPS) is 8.11. The third-order valence-corrected chi connectivity index (χ3v) is 0.522. The van der Waals surface area contributed by atoms with Crippen molar-refractivity contribution >= 4 is 11.9 Å². The summed E-state index contributed by atoms with van der Waals surface area (Å²) in [7, 11) is 0. The van der Waals surface area contributed by atoms with Gasteiger partial charge in [0.25, 0.3) is 0 Å². The van der Waals surface area contributed by atoms with Gasteiger partial charge in [0, 0.05) is 0 Å². The maximum atomic E-state index is 10.2. The van der Waals surface area contributed by atoms with Gasteiger partial charge in [0.1, 0.15) is 6.54 Å². The first-order valence-electron chi connectivity index (χ1n) is 2.11. The van der Waals surface area contributed by atoms with Crippen LogP contribution in [0.3, 0.4) is 0 Å². The highest BCUT2D eigenvalue weighted by atomic mass is 16.7. The minimum atomic E-state index is -0.677. The third kappa shape index (κ3) is 4.56. The largest absolute Gasteiger partial charge is 0.372 e. The van der Waals surface area contributed by atoms with Crippen LogP contribution < -0.4 is 17.4 Å². The van der Waals surface area contributed by atoms with Crippen molar-refractivity contribution in [1.29, 1.82) is 0 Å². The van der Waals surface area contributed by atoms with E-state index >= 15 is 0 Å². The van der Waals surface area contributed by atoms with Crippen molar-refractivity contribution in [2.75, 3.05) is 6.54 Å². The molecule has 0 amide bonds. The lowest BCUT2D eigenvalue weighted by molar-refractivity contribution is -0.142. The van der Waals surface area contributed by atoms with Crippen molar-refractivity contribution in [2.24, 2.45) is 22.4 Å². The number of guanidine groups is 1. The molecule has 0 rings (SSSR count). The topological polar surface area (TPSA) is 117 Å². The van der Waals surface area contributed by atoms with Crippen LogP contribution in [0.4, 0.5) is 0 Å². The molecule has 0 aliphatic rings. The number of nitrogens with zero attached hydrogens (tertiary/aromatic N) is 1. The average molecular weight is 132 g/mol. The molecule has 9 heavy (non-hydrogen) atoms. The molecule has 0 aromatic rings. The Morgan fingerprint density at radius 2 is 2.11 bits per heavy atom. The predicted molar refractivity (Wildman–Crippen MR) is 31.0 cm³/mol. The van der Waals surface area contributed by atoms with E-state index in [-0.39, 0.29) is 12.5 Å². The molecule has 6 N–H and O–H groups in total. The van der Waals surface area contributed by atoms with Crippen molar-refractivity contribution < 1.29 is 9.63 Å². The molecule has 0 aromatic carbocycles. The number of carbonyl (C=O) groups excluding carboxylic acids is 1. The second kappa shape index (κ2) is 3.67. The van der Waals surface area contributed by atoms with Crippen LogP contribution in [0.5, 0.6) is 0 Å². The van der Waals surface area contributed by atoms with Gasteiger partial charge in [-0.15, -0.1) is 0 Å². The molecular weight excluding hydrogens is 124 g/mol. The molecule has 0 unspecified atom stereocenters. The fourth-order valence-electron chi connectivity index (χ4n) is 0.193. The molecule has 6 nitrogen and oxygen atoms in total. The minimum absolute atomic E-state index is 0.166. The summed E-state index contributed by atoms with van der Waals surface area (Å²) in [5.41, 5.74) is 9.75. The van der Waals surface area contributed by atoms with Crippen molar-refractivity contribution in [3.63, 3.8) is 0 Å². The summed E-state index contributed by atoms with van der Waals surface area (Å²) < 4.78 is 0. The monoisotopic (exact) mass is 132 g/mol. The SMILES string of the molecule is NOC(=O)CN=C(N)N. The molecule has 0 bridgehead atoms. The Kier molecular flexibility index (Phi) is 3.14. The van der Waals surface area contributed by atoms with Gasteiger partial charge >= 0.3 is 5.97 Å². The Morgan fingerprint density at radius 3 is 2.44 bits per heavy atom. The molecule has 0 heterocycles. The summed E-state index contributed by atoms with van der Waals surface area (Å²) in [4.78, 5) is 17.2. The van der Waals surface area contributed by atoms with E-state index in [1.807, 2.05) is 0 Å². The highest BCUT2D eigenvalue weighted by Crippen LogP contribution is 1.70. The van der Waals surface area contributed by atoms with Crippen LogP contribution in [-0.4, -0.2) is 18.5 Å². The quantitative estimate of drug-likeness (QED) is 0.221. The first-order valence-corrected chi connectivity index (χ1v) is 2.11. The van der Waals surface area contributed by atoms with Crippen molar-refractivity contribution in [1.82, 2.24) is 0 Å². The van der Waals surface area contributed by atoms with Crippen molar-refractivity contribution in [3.8, 4) is 0 Å². The molecule has 0 aromatic heterocycles. The molecule has 0 saturated carbocycles. The zero-order chi connectivity index (χ0) is 7.28. The van der Waals surface area contributed by atoms with Crippen LogP contribution in [0.1, 0.15) is 0 Å². The minimum Gasteiger partial charge on any atom is -0.372 e. The summed E-state index contributed by atoms with van der Waals surface area (Å²) in [5.74, 6) is 3.61. The second-order valence-corrected chi connectivity index (χ2v) is 1.23. The molecule has 0 radical (unpaired) electrons. The Morgan fingerprint density at radius 1 is 1.56 bits per heavy atom. The van der Waals surface area contributed by atoms with E-state index in [2.05, 4.69) is 15.7 Å². The van der Waals surface area contributed by atoms with Crippen molar-refractivity contribution in [2.45, 2.75) is 0 Å². The van der Waals surface area contributed by atoms with Crippen LogP contribution in [-0.2, 0) is 9.63 Å². The maximum Gasteiger partial charge on any atom is 0.346 e. The van der Waals surface area contributed by atoms with E-state index in [9.17, 15) is 4.79 Å². The summed E-state index contributed by atoms with van der Waals surface area (Å²) in [5, 5.41) is 0. The molecule has 0 saturated heterocycles. The summed E-state index contributed by atoms with van der Waals surface area (Å²) in [6.45, 7) is -0.237. The standard InChI is InChI=1S/C3H8N4O2/c4-3(5)7-1-2(8)9-6/h1,6H2,(H4,4,5,7). The Bertz CT molecular complexity index is 128. The molecule has 0 aliphatic carbocycles. The fraction of sp³-hybridized carbons (Fsp3) is 0.333. The highest BCUT2D eigenvalue weighted by Gasteiger charge is 1.95. The molecule has 6 heteroatoms. The van der Waals surface area contributed by atoms with Gasteiger partial charge in [-0.2, -0.15) is 5.90 Å². The summed E-state index contributed by atoms with van der Waals surface area (Å²) >= 11 is 0. The van der Waals surface area contributed by atoms with Gasteiger partial charge in [-0.1, -0.05) is 0 Å². The van der Waals surface area contributed by atoms with Gasteiger partial charge in [0.15, 0.2) is 5.96 Å². The highest BCUT2D eigenvalue weighted by molar-refractivity contribution is 5.80. The lowest BCUT2D eigenvalue weighted by atomic mass is 10.7. The number of rotatable bonds is 2. The number of hydrogen-bond acceptors (Lipinski definition) is 4. The average Bonchev–Trinajstić information content (AvgIpc) is 1.83. The smallest absolute Gasteiger partial charge is 0.346 e. The van der Waals surface area contributed by atoms with E-state index in [1.54, 1.807) is 0 Å². The first kappa shape index (κ1) is 7.70. The van der Waals surface area contributed by atoms with Crippen molar-refractivity contribution in [3.05, 3.63) is 0 Å². The summed E-state index contributed by atoms with van der Waals surface area (Å²) in [6.07, 6.45) is 0. The zero-order valence-corrected chi connectivity index (χ0v) is 4.70. The second-order valence-electron chi connectivity index (χ2n) is 1.23. The molecule has 0 atom stereocenters. The van der Waals surface area contributed by atoms with E-state index in [1.165, 1.54) is 0 Å². The maximum absolute atomic E-state index is 10.2. The Hall–Kier alpha value is -1.30. The van der Waals surface area contributed by atoms with Gasteiger partial charge in [0.05, 0.1) is 0 Å². The summed E-state index contributed by atoms with van der Waals surface area (Å²) in [6, 6.07) is 0. The lowest BCUT2D eigenvalue weighted by Crippen LogP contribution is -2.25. The van der Waals surface area contributed by atoms with Gasteiger partial charge in [0.2, 0.25) is 0 Å². The lowest BCUT2D eigenvalue weighted by Gasteiger charge is -1.91. The number of hydrogen-bond donors (Lipinski definition) is 3. The number of aliphatic imine (C=N–C) groups is 1. The third-order valence-electron chi connectivity index (χ3n) is 0.522. The van der Waals surface area contributed by atoms with Crippen LogP contribution in [0.25, 0.3) is 0 Å². The number of carbonyl (C=O) groups is 1. The van der Waals surface area contributed by atoms with Crippen LogP contribution in [0, 0.1) is 0 Å². The van der Waals surface area contributed by atoms with Crippen LogP contribution in [0.2, 0.25) is 0 Å². The van der Waals surface area contributed by atoms with E-state index in [4.69, 9.17) is 11.5 Å². The molecule has 0 fully saturated rings. The first-order chi connectivity index (χ1) is 4.16. The Balaban J connectivity index is 3.50. The van der Waals surface area contributed by atoms with Gasteiger partial charge in [-0.25, -0.2) is 9.79 Å². The molecular formula is C3H8N4O2. The zero-order valence-electron chi connectivity index (χ0n) is 4.70. The fourth-order valence-corrected chi connectivity index (χ4v) is 0.193. The molecule has 0 aliphatic heterocycles. The van der Waals surface area contributed by atoms with E-state index in [0.717, 1.165) is 0 Å². The number of nitrogens with two attached hydrogens (primary N) is 3. The van der Waals surface area contributed by atoms with Gasteiger partial charge in [-0.05, 0) is 0 Å². The molecule has 52 valence electrons. The van der Waals surface area contributed by atoms with E-state index < -0.39 is 5.97 Å². The Labute approximate surface area is 51.6 Å². The van der Waals surface area contributed by atoms with E-state index in [0.29, 0.717) is 0 Å². The van der Waals surface area contributed by atoms with Crippen LogP contribution in [0.15, 0.2) is 4.99 Å². The molecule has 0 spiro atoms. The van der Waals surface area contributed by atoms with Crippen LogP contribution >= 0.6 is 0 Å².